The minimum absolute atomic E-state index is 0.0724. The summed E-state index contributed by atoms with van der Waals surface area (Å²) in [7, 11) is 0. The number of piperidine rings is 1. The van der Waals surface area contributed by atoms with Crippen LogP contribution in [0, 0.1) is 5.92 Å². The first kappa shape index (κ1) is 11.9. The van der Waals surface area contributed by atoms with Crippen LogP contribution in [0.2, 0.25) is 0 Å². The molecule has 2 saturated heterocycles. The van der Waals surface area contributed by atoms with Gasteiger partial charge in [0.25, 0.3) is 0 Å². The molecule has 2 aliphatic heterocycles. The molecule has 4 atom stereocenters. The van der Waals surface area contributed by atoms with Crippen LogP contribution in [-0.4, -0.2) is 47.8 Å². The van der Waals surface area contributed by atoms with Crippen molar-refractivity contribution in [1.29, 1.82) is 0 Å². The number of aliphatic hydroxyl groups excluding tert-OH is 1. The van der Waals surface area contributed by atoms with Gasteiger partial charge in [-0.2, -0.15) is 0 Å². The van der Waals surface area contributed by atoms with Crippen molar-refractivity contribution in [2.75, 3.05) is 19.6 Å². The van der Waals surface area contributed by atoms with Gasteiger partial charge in [-0.1, -0.05) is 19.3 Å². The van der Waals surface area contributed by atoms with Gasteiger partial charge in [0.1, 0.15) is 0 Å². The van der Waals surface area contributed by atoms with Crippen molar-refractivity contribution in [2.24, 2.45) is 5.92 Å². The predicted octanol–water partition coefficient (Wildman–Crippen LogP) is 1.36. The lowest BCUT2D eigenvalue weighted by molar-refractivity contribution is -0.00312. The van der Waals surface area contributed by atoms with Gasteiger partial charge < -0.3 is 10.4 Å². The van der Waals surface area contributed by atoms with Crippen molar-refractivity contribution < 1.29 is 5.11 Å². The second-order valence-electron chi connectivity index (χ2n) is 6.14. The summed E-state index contributed by atoms with van der Waals surface area (Å²) in [5, 5.41) is 13.9. The molecular weight excluding hydrogens is 212 g/mol. The van der Waals surface area contributed by atoms with E-state index in [1.54, 1.807) is 0 Å². The Morgan fingerprint density at radius 2 is 1.76 bits per heavy atom. The summed E-state index contributed by atoms with van der Waals surface area (Å²) in [4.78, 5) is 2.66. The van der Waals surface area contributed by atoms with E-state index in [1.807, 2.05) is 0 Å². The number of hydrogen-bond acceptors (Lipinski definition) is 3. The number of fused-ring (bicyclic) bond motifs is 1. The molecule has 3 heteroatoms. The minimum Gasteiger partial charge on any atom is -0.391 e. The normalized spacial score (nSPS) is 44.3. The van der Waals surface area contributed by atoms with E-state index in [0.717, 1.165) is 18.9 Å². The van der Waals surface area contributed by atoms with Crippen LogP contribution in [0.4, 0.5) is 0 Å². The van der Waals surface area contributed by atoms with E-state index < -0.39 is 0 Å². The molecule has 3 rings (SSSR count). The Labute approximate surface area is 105 Å². The zero-order chi connectivity index (χ0) is 11.7. The highest BCUT2D eigenvalue weighted by Crippen LogP contribution is 2.32. The monoisotopic (exact) mass is 238 g/mol. The van der Waals surface area contributed by atoms with E-state index in [9.17, 15) is 5.11 Å². The molecule has 3 fully saturated rings. The van der Waals surface area contributed by atoms with Crippen molar-refractivity contribution in [2.45, 2.75) is 63.1 Å². The summed E-state index contributed by atoms with van der Waals surface area (Å²) >= 11 is 0. The van der Waals surface area contributed by atoms with Gasteiger partial charge in [-0.25, -0.2) is 0 Å². The van der Waals surface area contributed by atoms with Crippen molar-refractivity contribution >= 4 is 0 Å². The van der Waals surface area contributed by atoms with E-state index in [2.05, 4.69) is 10.2 Å². The Morgan fingerprint density at radius 1 is 0.882 bits per heavy atom. The van der Waals surface area contributed by atoms with Crippen LogP contribution in [0.5, 0.6) is 0 Å². The third kappa shape index (κ3) is 2.38. The number of likely N-dealkylation sites (tertiary alicyclic amines) is 1. The standard InChI is InChI=1S/C14H26N2O/c17-14-7-3-1-2-6-12(14)16-8-4-5-11-9-15-10-13(11)16/h11-15,17H,1-10H2. The molecule has 3 nitrogen and oxygen atoms in total. The number of nitrogens with one attached hydrogen (secondary N) is 1. The third-order valence-corrected chi connectivity index (χ3v) is 5.09. The fourth-order valence-electron chi connectivity index (χ4n) is 4.17. The van der Waals surface area contributed by atoms with Gasteiger partial charge in [0, 0.05) is 18.6 Å². The molecule has 1 aliphatic carbocycles. The van der Waals surface area contributed by atoms with Gasteiger partial charge in [-0.15, -0.1) is 0 Å². The molecule has 0 spiro atoms. The van der Waals surface area contributed by atoms with Crippen molar-refractivity contribution in [1.82, 2.24) is 10.2 Å². The fourth-order valence-corrected chi connectivity index (χ4v) is 4.17. The smallest absolute Gasteiger partial charge is 0.0695 e. The Bertz CT molecular complexity index is 259. The van der Waals surface area contributed by atoms with Crippen molar-refractivity contribution in [3.8, 4) is 0 Å². The van der Waals surface area contributed by atoms with E-state index in [0.29, 0.717) is 12.1 Å². The molecule has 98 valence electrons. The number of rotatable bonds is 1. The van der Waals surface area contributed by atoms with E-state index in [1.165, 1.54) is 51.6 Å². The maximum Gasteiger partial charge on any atom is 0.0695 e. The van der Waals surface area contributed by atoms with Crippen LogP contribution in [0.25, 0.3) is 0 Å². The maximum absolute atomic E-state index is 10.4. The van der Waals surface area contributed by atoms with Crippen molar-refractivity contribution in [3.05, 3.63) is 0 Å². The molecule has 17 heavy (non-hydrogen) atoms. The van der Waals surface area contributed by atoms with Gasteiger partial charge in [0.05, 0.1) is 6.10 Å². The topological polar surface area (TPSA) is 35.5 Å². The lowest BCUT2D eigenvalue weighted by atomic mass is 9.89. The highest BCUT2D eigenvalue weighted by molar-refractivity contribution is 4.96. The Balaban J connectivity index is 1.72. The molecule has 0 aromatic heterocycles. The summed E-state index contributed by atoms with van der Waals surface area (Å²) in [6.07, 6.45) is 8.71. The van der Waals surface area contributed by atoms with Crippen LogP contribution in [0.15, 0.2) is 0 Å². The number of hydrogen-bond donors (Lipinski definition) is 2. The lowest BCUT2D eigenvalue weighted by Crippen LogP contribution is -2.54. The third-order valence-electron chi connectivity index (χ3n) is 5.09. The highest BCUT2D eigenvalue weighted by atomic mass is 16.3. The zero-order valence-electron chi connectivity index (χ0n) is 10.8. The summed E-state index contributed by atoms with van der Waals surface area (Å²) in [5.74, 6) is 0.846. The first-order valence-corrected chi connectivity index (χ1v) is 7.51. The average molecular weight is 238 g/mol. The van der Waals surface area contributed by atoms with E-state index in [-0.39, 0.29) is 6.10 Å². The SMILES string of the molecule is OC1CCCCCC1N1CCCC2CNCC21. The van der Waals surface area contributed by atoms with Crippen molar-refractivity contribution in [3.63, 3.8) is 0 Å². The minimum atomic E-state index is -0.0724. The first-order chi connectivity index (χ1) is 8.36. The van der Waals surface area contributed by atoms with Gasteiger partial charge in [0.2, 0.25) is 0 Å². The number of nitrogens with zero attached hydrogens (tertiary/aromatic N) is 1. The second kappa shape index (κ2) is 5.25. The molecule has 2 N–H and O–H groups in total. The molecule has 0 aromatic carbocycles. The highest BCUT2D eigenvalue weighted by Gasteiger charge is 2.40. The average Bonchev–Trinajstić information content (AvgIpc) is 2.72. The van der Waals surface area contributed by atoms with Gasteiger partial charge in [0.15, 0.2) is 0 Å². The summed E-state index contributed by atoms with van der Waals surface area (Å²) in [5.41, 5.74) is 0. The quantitative estimate of drug-likeness (QED) is 0.677. The largest absolute Gasteiger partial charge is 0.391 e. The molecule has 0 aromatic rings. The number of aliphatic hydroxyl groups is 1. The maximum atomic E-state index is 10.4. The van der Waals surface area contributed by atoms with Crippen LogP contribution >= 0.6 is 0 Å². The Hall–Kier alpha value is -0.120. The van der Waals surface area contributed by atoms with E-state index >= 15 is 0 Å². The molecule has 2 heterocycles. The van der Waals surface area contributed by atoms with Crippen LogP contribution < -0.4 is 5.32 Å². The van der Waals surface area contributed by atoms with Crippen LogP contribution in [0.3, 0.4) is 0 Å². The molecular formula is C14H26N2O. The predicted molar refractivity (Wildman–Crippen MR) is 69.0 cm³/mol. The Morgan fingerprint density at radius 3 is 2.71 bits per heavy atom. The first-order valence-electron chi connectivity index (χ1n) is 7.51. The Kier molecular flexibility index (Phi) is 3.69. The molecule has 1 saturated carbocycles. The molecule has 3 aliphatic rings. The van der Waals surface area contributed by atoms with Crippen LogP contribution in [-0.2, 0) is 0 Å². The summed E-state index contributed by atoms with van der Waals surface area (Å²) in [6.45, 7) is 3.56. The summed E-state index contributed by atoms with van der Waals surface area (Å²) in [6, 6.07) is 1.16. The summed E-state index contributed by atoms with van der Waals surface area (Å²) < 4.78 is 0. The zero-order valence-corrected chi connectivity index (χ0v) is 10.8. The fraction of sp³-hybridized carbons (Fsp3) is 1.00. The van der Waals surface area contributed by atoms with E-state index in [4.69, 9.17) is 0 Å². The molecule has 0 radical (unpaired) electrons. The molecule has 0 amide bonds. The van der Waals surface area contributed by atoms with Crippen LogP contribution in [0.1, 0.15) is 44.9 Å². The molecule has 0 bridgehead atoms. The lowest BCUT2D eigenvalue weighted by Gasteiger charge is -2.43. The van der Waals surface area contributed by atoms with Gasteiger partial charge >= 0.3 is 0 Å². The molecule has 4 unspecified atom stereocenters. The second-order valence-corrected chi connectivity index (χ2v) is 6.14. The van der Waals surface area contributed by atoms with Gasteiger partial charge in [-0.05, 0) is 44.7 Å². The van der Waals surface area contributed by atoms with Gasteiger partial charge in [-0.3, -0.25) is 4.90 Å².